The second-order valence-corrected chi connectivity index (χ2v) is 3.05. The Bertz CT molecular complexity index is 219. The number of alkyl halides is 1. The van der Waals surface area contributed by atoms with Gasteiger partial charge in [-0.2, -0.15) is 8.42 Å². The fourth-order valence-corrected chi connectivity index (χ4v) is 0.769. The molecule has 0 aromatic heterocycles. The molecule has 2 N–H and O–H groups in total. The van der Waals surface area contributed by atoms with E-state index in [2.05, 4.69) is 0 Å². The van der Waals surface area contributed by atoms with Gasteiger partial charge in [-0.1, -0.05) is 0 Å². The van der Waals surface area contributed by atoms with E-state index in [9.17, 15) is 17.6 Å². The smallest absolute Gasteiger partial charge is 0.339 e. The highest BCUT2D eigenvalue weighted by molar-refractivity contribution is 7.85. The maximum absolute atomic E-state index is 11.9. The molecule has 0 fully saturated rings. The summed E-state index contributed by atoms with van der Waals surface area (Å²) in [5.41, 5.74) is 0. The van der Waals surface area contributed by atoms with E-state index in [4.69, 9.17) is 9.66 Å². The molecule has 1 unspecified atom stereocenters. The van der Waals surface area contributed by atoms with Crippen LogP contribution in [0.4, 0.5) is 4.39 Å². The predicted molar refractivity (Wildman–Crippen MR) is 28.9 cm³/mol. The molecule has 1 atom stereocenters. The van der Waals surface area contributed by atoms with Crippen LogP contribution in [0.1, 0.15) is 0 Å². The van der Waals surface area contributed by atoms with E-state index in [0.29, 0.717) is 0 Å². The molecule has 10 heavy (non-hydrogen) atoms. The van der Waals surface area contributed by atoms with Crippen molar-refractivity contribution in [1.82, 2.24) is 0 Å². The molecular weight excluding hydrogens is 167 g/mol. The van der Waals surface area contributed by atoms with Crippen LogP contribution < -0.4 is 0 Å². The third-order valence-corrected chi connectivity index (χ3v) is 1.34. The largest absolute Gasteiger partial charge is 0.479 e. The second-order valence-electron chi connectivity index (χ2n) is 1.55. The van der Waals surface area contributed by atoms with E-state index in [1.807, 2.05) is 0 Å². The van der Waals surface area contributed by atoms with Gasteiger partial charge in [0.25, 0.3) is 10.1 Å². The fourth-order valence-electron chi connectivity index (χ4n) is 0.256. The van der Waals surface area contributed by atoms with Gasteiger partial charge in [-0.25, -0.2) is 9.18 Å². The van der Waals surface area contributed by atoms with Crippen molar-refractivity contribution >= 4 is 16.1 Å². The van der Waals surface area contributed by atoms with Gasteiger partial charge >= 0.3 is 5.97 Å². The summed E-state index contributed by atoms with van der Waals surface area (Å²) in [7, 11) is -4.52. The van der Waals surface area contributed by atoms with E-state index in [-0.39, 0.29) is 0 Å². The zero-order valence-corrected chi connectivity index (χ0v) is 5.51. The summed E-state index contributed by atoms with van der Waals surface area (Å²) < 4.78 is 39.4. The molecular formula is C3H5FO5S. The summed E-state index contributed by atoms with van der Waals surface area (Å²) >= 11 is 0. The molecule has 0 bridgehead atoms. The van der Waals surface area contributed by atoms with Crippen LogP contribution in [0.5, 0.6) is 0 Å². The van der Waals surface area contributed by atoms with Crippen LogP contribution in [0, 0.1) is 0 Å². The van der Waals surface area contributed by atoms with Crippen molar-refractivity contribution in [1.29, 1.82) is 0 Å². The number of carbonyl (C=O) groups is 1. The molecule has 0 aliphatic rings. The first-order chi connectivity index (χ1) is 4.33. The zero-order valence-electron chi connectivity index (χ0n) is 4.69. The normalized spacial score (nSPS) is 14.6. The standard InChI is InChI=1S/C3H5FO5S/c4-2(3(5)6)1-10(7,8)9/h2H,1H2,(H,5,6)(H,7,8,9). The average Bonchev–Trinajstić information content (AvgIpc) is 1.60. The van der Waals surface area contributed by atoms with Gasteiger partial charge in [-0.05, 0) is 0 Å². The first-order valence-electron chi connectivity index (χ1n) is 2.15. The molecule has 0 heterocycles. The Balaban J connectivity index is 4.06. The number of hydrogen-bond acceptors (Lipinski definition) is 3. The van der Waals surface area contributed by atoms with E-state index in [0.717, 1.165) is 0 Å². The first kappa shape index (κ1) is 9.31. The minimum Gasteiger partial charge on any atom is -0.479 e. The van der Waals surface area contributed by atoms with Gasteiger partial charge in [0, 0.05) is 0 Å². The predicted octanol–water partition coefficient (Wildman–Crippen LogP) is -0.703. The molecule has 7 heteroatoms. The minimum absolute atomic E-state index is 1.40. The number of aliphatic carboxylic acids is 1. The SMILES string of the molecule is O=C(O)C(F)CS(=O)(=O)O. The number of rotatable bonds is 3. The van der Waals surface area contributed by atoms with Crippen molar-refractivity contribution in [3.05, 3.63) is 0 Å². The molecule has 0 aliphatic carbocycles. The molecule has 0 aliphatic heterocycles. The summed E-state index contributed by atoms with van der Waals surface area (Å²) in [6, 6.07) is 0. The summed E-state index contributed by atoms with van der Waals surface area (Å²) in [5, 5.41) is 7.79. The second kappa shape index (κ2) is 2.93. The van der Waals surface area contributed by atoms with Crippen molar-refractivity contribution in [3.8, 4) is 0 Å². The Hall–Kier alpha value is -0.690. The summed E-state index contributed by atoms with van der Waals surface area (Å²) in [6.45, 7) is 0. The maximum atomic E-state index is 11.9. The van der Waals surface area contributed by atoms with Crippen molar-refractivity contribution < 1.29 is 27.3 Å². The summed E-state index contributed by atoms with van der Waals surface area (Å²) in [6.07, 6.45) is -2.56. The monoisotopic (exact) mass is 172 g/mol. The lowest BCUT2D eigenvalue weighted by Crippen LogP contribution is -2.24. The maximum Gasteiger partial charge on any atom is 0.339 e. The Morgan fingerprint density at radius 1 is 1.60 bits per heavy atom. The van der Waals surface area contributed by atoms with Crippen LogP contribution in [0.25, 0.3) is 0 Å². The van der Waals surface area contributed by atoms with Crippen molar-refractivity contribution in [2.24, 2.45) is 0 Å². The zero-order chi connectivity index (χ0) is 8.36. The van der Waals surface area contributed by atoms with Crippen LogP contribution >= 0.6 is 0 Å². The van der Waals surface area contributed by atoms with Crippen molar-refractivity contribution in [2.75, 3.05) is 5.75 Å². The average molecular weight is 172 g/mol. The molecule has 0 spiro atoms. The molecule has 0 aromatic carbocycles. The Morgan fingerprint density at radius 3 is 2.10 bits per heavy atom. The Morgan fingerprint density at radius 2 is 2.00 bits per heavy atom. The Kier molecular flexibility index (Phi) is 2.73. The first-order valence-corrected chi connectivity index (χ1v) is 3.76. The van der Waals surface area contributed by atoms with Crippen molar-refractivity contribution in [3.63, 3.8) is 0 Å². The molecule has 0 aromatic rings. The van der Waals surface area contributed by atoms with Gasteiger partial charge in [-0.3, -0.25) is 4.55 Å². The molecule has 0 rings (SSSR count). The quantitative estimate of drug-likeness (QED) is 0.549. The number of halogens is 1. The van der Waals surface area contributed by atoms with Crippen LogP contribution in [0.15, 0.2) is 0 Å². The topological polar surface area (TPSA) is 91.7 Å². The lowest BCUT2D eigenvalue weighted by Gasteiger charge is -1.97. The molecule has 0 radical (unpaired) electrons. The summed E-state index contributed by atoms with van der Waals surface area (Å²) in [4.78, 5) is 9.63. The molecule has 0 saturated heterocycles. The molecule has 5 nitrogen and oxygen atoms in total. The summed E-state index contributed by atoms with van der Waals surface area (Å²) in [5.74, 6) is -3.31. The Labute approximate surface area is 56.2 Å². The van der Waals surface area contributed by atoms with Gasteiger partial charge in [0.1, 0.15) is 5.75 Å². The van der Waals surface area contributed by atoms with Crippen LogP contribution in [-0.4, -0.2) is 36.0 Å². The highest BCUT2D eigenvalue weighted by Crippen LogP contribution is 1.95. The highest BCUT2D eigenvalue weighted by Gasteiger charge is 2.22. The number of hydrogen-bond donors (Lipinski definition) is 2. The lowest BCUT2D eigenvalue weighted by molar-refractivity contribution is -0.141. The van der Waals surface area contributed by atoms with Gasteiger partial charge < -0.3 is 5.11 Å². The van der Waals surface area contributed by atoms with Gasteiger partial charge in [-0.15, -0.1) is 0 Å². The number of carboxylic acids is 1. The van der Waals surface area contributed by atoms with Crippen LogP contribution in [0.3, 0.4) is 0 Å². The van der Waals surface area contributed by atoms with E-state index in [1.54, 1.807) is 0 Å². The number of carboxylic acid groups (broad SMARTS) is 1. The lowest BCUT2D eigenvalue weighted by atomic mass is 10.5. The van der Waals surface area contributed by atoms with Gasteiger partial charge in [0.05, 0.1) is 0 Å². The van der Waals surface area contributed by atoms with Crippen LogP contribution in [-0.2, 0) is 14.9 Å². The van der Waals surface area contributed by atoms with Crippen molar-refractivity contribution in [2.45, 2.75) is 6.17 Å². The van der Waals surface area contributed by atoms with E-state index < -0.39 is 28.0 Å². The van der Waals surface area contributed by atoms with E-state index >= 15 is 0 Å². The molecule has 0 saturated carbocycles. The fraction of sp³-hybridized carbons (Fsp3) is 0.667. The molecule has 0 amide bonds. The minimum atomic E-state index is -4.52. The molecule has 60 valence electrons. The third-order valence-electron chi connectivity index (χ3n) is 0.625. The highest BCUT2D eigenvalue weighted by atomic mass is 32.2. The van der Waals surface area contributed by atoms with Gasteiger partial charge in [0.2, 0.25) is 6.17 Å². The van der Waals surface area contributed by atoms with Gasteiger partial charge in [0.15, 0.2) is 0 Å². The van der Waals surface area contributed by atoms with Crippen LogP contribution in [0.2, 0.25) is 0 Å². The van der Waals surface area contributed by atoms with E-state index in [1.165, 1.54) is 0 Å². The third kappa shape index (κ3) is 4.21.